The monoisotopic (exact) mass is 379 g/mol. The van der Waals surface area contributed by atoms with Gasteiger partial charge < -0.3 is 19.5 Å². The van der Waals surface area contributed by atoms with Crippen LogP contribution in [-0.2, 0) is 14.9 Å². The average molecular weight is 379 g/mol. The largest absolute Gasteiger partial charge is 0.486 e. The van der Waals surface area contributed by atoms with Crippen molar-refractivity contribution in [3.63, 3.8) is 0 Å². The van der Waals surface area contributed by atoms with Crippen LogP contribution in [-0.4, -0.2) is 38.9 Å². The van der Waals surface area contributed by atoms with Crippen molar-refractivity contribution >= 4 is 12.0 Å². The fraction of sp³-hybridized carbons (Fsp3) is 0.348. The molecule has 1 N–H and O–H groups in total. The molecule has 0 saturated carbocycles. The van der Waals surface area contributed by atoms with Crippen LogP contribution in [0.15, 0.2) is 54.6 Å². The third kappa shape index (κ3) is 4.20. The van der Waals surface area contributed by atoms with E-state index in [1.54, 1.807) is 6.08 Å². The van der Waals surface area contributed by atoms with Gasteiger partial charge in [0.1, 0.15) is 13.2 Å². The number of ether oxygens (including phenoxy) is 3. The lowest BCUT2D eigenvalue weighted by molar-refractivity contribution is -0.116. The van der Waals surface area contributed by atoms with E-state index in [0.717, 1.165) is 35.5 Å². The third-order valence-corrected chi connectivity index (χ3v) is 5.43. The lowest BCUT2D eigenvalue weighted by Gasteiger charge is -2.38. The van der Waals surface area contributed by atoms with E-state index in [0.29, 0.717) is 33.0 Å². The molecule has 0 aromatic heterocycles. The zero-order valence-electron chi connectivity index (χ0n) is 15.9. The average Bonchev–Trinajstić information content (AvgIpc) is 2.77. The van der Waals surface area contributed by atoms with Gasteiger partial charge in [-0.3, -0.25) is 4.79 Å². The molecule has 28 heavy (non-hydrogen) atoms. The van der Waals surface area contributed by atoms with Crippen LogP contribution >= 0.6 is 0 Å². The predicted molar refractivity (Wildman–Crippen MR) is 108 cm³/mol. The minimum absolute atomic E-state index is 0.0905. The van der Waals surface area contributed by atoms with Crippen molar-refractivity contribution in [3.8, 4) is 11.5 Å². The molecule has 0 spiro atoms. The summed E-state index contributed by atoms with van der Waals surface area (Å²) in [5.41, 5.74) is 2.00. The zero-order valence-corrected chi connectivity index (χ0v) is 15.9. The highest BCUT2D eigenvalue weighted by Gasteiger charge is 2.35. The Balaban J connectivity index is 1.48. The maximum absolute atomic E-state index is 12.4. The first-order valence-electron chi connectivity index (χ1n) is 9.74. The van der Waals surface area contributed by atoms with E-state index < -0.39 is 0 Å². The van der Waals surface area contributed by atoms with E-state index in [1.807, 2.05) is 42.5 Å². The van der Waals surface area contributed by atoms with Crippen LogP contribution in [0.2, 0.25) is 0 Å². The van der Waals surface area contributed by atoms with Gasteiger partial charge in [-0.2, -0.15) is 0 Å². The SMILES string of the molecule is O=C(/C=C/c1ccccc1)NCC1(c2ccc3c(c2)OCCO3)CCOCC1. The molecule has 0 atom stereocenters. The first-order chi connectivity index (χ1) is 13.8. The van der Waals surface area contributed by atoms with Crippen LogP contribution in [0.4, 0.5) is 0 Å². The van der Waals surface area contributed by atoms with E-state index in [4.69, 9.17) is 14.2 Å². The number of amides is 1. The molecular formula is C23H25NO4. The van der Waals surface area contributed by atoms with Crippen molar-refractivity contribution in [2.24, 2.45) is 0 Å². The first-order valence-corrected chi connectivity index (χ1v) is 9.74. The number of nitrogens with one attached hydrogen (secondary N) is 1. The van der Waals surface area contributed by atoms with E-state index in [9.17, 15) is 4.79 Å². The molecule has 2 aromatic carbocycles. The molecular weight excluding hydrogens is 354 g/mol. The van der Waals surface area contributed by atoms with Crippen LogP contribution in [0, 0.1) is 0 Å². The summed E-state index contributed by atoms with van der Waals surface area (Å²) < 4.78 is 17.0. The van der Waals surface area contributed by atoms with Gasteiger partial charge in [0.05, 0.1) is 0 Å². The van der Waals surface area contributed by atoms with Crippen molar-refractivity contribution in [1.82, 2.24) is 5.32 Å². The molecule has 0 bridgehead atoms. The number of benzene rings is 2. The van der Waals surface area contributed by atoms with Crippen molar-refractivity contribution in [3.05, 3.63) is 65.7 Å². The van der Waals surface area contributed by atoms with Gasteiger partial charge in [-0.25, -0.2) is 0 Å². The Labute approximate surface area is 165 Å². The Morgan fingerprint density at radius 3 is 2.50 bits per heavy atom. The normalized spacial score (nSPS) is 18.0. The van der Waals surface area contributed by atoms with Crippen LogP contribution < -0.4 is 14.8 Å². The van der Waals surface area contributed by atoms with Gasteiger partial charge in [0, 0.05) is 31.2 Å². The Bertz CT molecular complexity index is 841. The second-order valence-corrected chi connectivity index (χ2v) is 7.21. The van der Waals surface area contributed by atoms with Gasteiger partial charge in [0.15, 0.2) is 11.5 Å². The fourth-order valence-corrected chi connectivity index (χ4v) is 3.75. The van der Waals surface area contributed by atoms with Crippen LogP contribution in [0.1, 0.15) is 24.0 Å². The highest BCUT2D eigenvalue weighted by atomic mass is 16.6. The quantitative estimate of drug-likeness (QED) is 0.810. The number of rotatable bonds is 5. The lowest BCUT2D eigenvalue weighted by Crippen LogP contribution is -2.44. The lowest BCUT2D eigenvalue weighted by atomic mass is 9.74. The molecule has 0 unspecified atom stereocenters. The first kappa shape index (κ1) is 18.6. The Hall–Kier alpha value is -2.79. The molecule has 2 aliphatic heterocycles. The minimum atomic E-state index is -0.162. The molecule has 146 valence electrons. The molecule has 5 nitrogen and oxygen atoms in total. The second kappa shape index (κ2) is 8.48. The summed E-state index contributed by atoms with van der Waals surface area (Å²) in [6.45, 7) is 3.07. The van der Waals surface area contributed by atoms with Gasteiger partial charge >= 0.3 is 0 Å². The molecule has 2 aliphatic rings. The highest BCUT2D eigenvalue weighted by Crippen LogP contribution is 2.39. The van der Waals surface area contributed by atoms with Crippen molar-refractivity contribution < 1.29 is 19.0 Å². The third-order valence-electron chi connectivity index (χ3n) is 5.43. The summed E-state index contributed by atoms with van der Waals surface area (Å²) in [7, 11) is 0. The van der Waals surface area contributed by atoms with E-state index in [-0.39, 0.29) is 11.3 Å². The van der Waals surface area contributed by atoms with E-state index in [1.165, 1.54) is 0 Å². The van der Waals surface area contributed by atoms with E-state index in [2.05, 4.69) is 17.4 Å². The molecule has 1 fully saturated rings. The molecule has 0 aliphatic carbocycles. The van der Waals surface area contributed by atoms with Crippen LogP contribution in [0.25, 0.3) is 6.08 Å². The van der Waals surface area contributed by atoms with Gasteiger partial charge in [-0.05, 0) is 42.2 Å². The molecule has 4 rings (SSSR count). The molecule has 1 amide bonds. The van der Waals surface area contributed by atoms with Gasteiger partial charge in [0.2, 0.25) is 5.91 Å². The molecule has 1 saturated heterocycles. The maximum Gasteiger partial charge on any atom is 0.244 e. The number of hydrogen-bond donors (Lipinski definition) is 1. The Morgan fingerprint density at radius 1 is 0.964 bits per heavy atom. The number of fused-ring (bicyclic) bond motifs is 1. The van der Waals surface area contributed by atoms with Crippen LogP contribution in [0.5, 0.6) is 11.5 Å². The topological polar surface area (TPSA) is 56.8 Å². The standard InChI is InChI=1S/C23H25NO4/c25-22(9-6-18-4-2-1-3-5-18)24-17-23(10-12-26-13-11-23)19-7-8-20-21(16-19)28-15-14-27-20/h1-9,16H,10-15,17H2,(H,24,25)/b9-6+. The van der Waals surface area contributed by atoms with Crippen molar-refractivity contribution in [2.45, 2.75) is 18.3 Å². The Kier molecular flexibility index (Phi) is 5.63. The number of carbonyl (C=O) groups excluding carboxylic acids is 1. The zero-order chi connectivity index (χ0) is 19.2. The summed E-state index contributed by atoms with van der Waals surface area (Å²) in [5, 5.41) is 3.09. The summed E-state index contributed by atoms with van der Waals surface area (Å²) in [4.78, 5) is 12.4. The number of hydrogen-bond acceptors (Lipinski definition) is 4. The summed E-state index contributed by atoms with van der Waals surface area (Å²) in [6, 6.07) is 15.9. The van der Waals surface area contributed by atoms with Gasteiger partial charge in [-0.15, -0.1) is 0 Å². The van der Waals surface area contributed by atoms with Crippen molar-refractivity contribution in [1.29, 1.82) is 0 Å². The second-order valence-electron chi connectivity index (χ2n) is 7.21. The predicted octanol–water partition coefficient (Wildman–Crippen LogP) is 3.34. The Morgan fingerprint density at radius 2 is 1.71 bits per heavy atom. The van der Waals surface area contributed by atoms with Gasteiger partial charge in [-0.1, -0.05) is 36.4 Å². The van der Waals surface area contributed by atoms with Gasteiger partial charge in [0.25, 0.3) is 0 Å². The summed E-state index contributed by atoms with van der Waals surface area (Å²) in [5.74, 6) is 1.48. The van der Waals surface area contributed by atoms with E-state index >= 15 is 0 Å². The smallest absolute Gasteiger partial charge is 0.244 e. The highest BCUT2D eigenvalue weighted by molar-refractivity contribution is 5.91. The molecule has 5 heteroatoms. The fourth-order valence-electron chi connectivity index (χ4n) is 3.75. The molecule has 0 radical (unpaired) electrons. The summed E-state index contributed by atoms with van der Waals surface area (Å²) >= 11 is 0. The van der Waals surface area contributed by atoms with Crippen LogP contribution in [0.3, 0.4) is 0 Å². The minimum Gasteiger partial charge on any atom is -0.486 e. The molecule has 2 aromatic rings. The maximum atomic E-state index is 12.4. The summed E-state index contributed by atoms with van der Waals surface area (Å²) in [6.07, 6.45) is 5.13. The molecule has 2 heterocycles. The number of carbonyl (C=O) groups is 1. The van der Waals surface area contributed by atoms with Crippen molar-refractivity contribution in [2.75, 3.05) is 33.0 Å².